The van der Waals surface area contributed by atoms with E-state index in [1.54, 1.807) is 6.08 Å². The molecule has 0 fully saturated rings. The fourth-order valence-corrected chi connectivity index (χ4v) is 0.929. The highest BCUT2D eigenvalue weighted by molar-refractivity contribution is 5.91. The predicted octanol–water partition coefficient (Wildman–Crippen LogP) is 1.82. The van der Waals surface area contributed by atoms with Gasteiger partial charge in [0.1, 0.15) is 0 Å². The number of carbonyl (C=O) groups is 1. The number of halogens is 1. The summed E-state index contributed by atoms with van der Waals surface area (Å²) in [6, 6.07) is 9.64. The molecule has 1 amide bonds. The average molecular weight is 255 g/mol. The van der Waals surface area contributed by atoms with E-state index >= 15 is 0 Å². The second kappa shape index (κ2) is 10.9. The minimum atomic E-state index is -0.432. The number of amides is 1. The Hall–Kier alpha value is -1.58. The van der Waals surface area contributed by atoms with Gasteiger partial charge in [0.2, 0.25) is 5.91 Å². The Labute approximate surface area is 109 Å². The van der Waals surface area contributed by atoms with Gasteiger partial charge >= 0.3 is 0 Å². The zero-order chi connectivity index (χ0) is 12.4. The van der Waals surface area contributed by atoms with Crippen LogP contribution in [0, 0.1) is 0 Å². The summed E-state index contributed by atoms with van der Waals surface area (Å²) in [5.74, 6) is -0.432. The van der Waals surface area contributed by atoms with Crippen LogP contribution in [0.1, 0.15) is 5.56 Å². The van der Waals surface area contributed by atoms with E-state index in [1.807, 2.05) is 30.3 Å². The maximum absolute atomic E-state index is 10.6. The Bertz CT molecular complexity index is 350. The monoisotopic (exact) mass is 254 g/mol. The molecule has 17 heavy (non-hydrogen) atoms. The first-order valence-electron chi connectivity index (χ1n) is 4.94. The van der Waals surface area contributed by atoms with E-state index in [2.05, 4.69) is 13.2 Å². The van der Waals surface area contributed by atoms with E-state index in [0.717, 1.165) is 5.56 Å². The first-order valence-corrected chi connectivity index (χ1v) is 4.94. The van der Waals surface area contributed by atoms with Crippen LogP contribution in [0.5, 0.6) is 0 Å². The molecule has 4 heteroatoms. The average Bonchev–Trinajstić information content (AvgIpc) is 2.30. The van der Waals surface area contributed by atoms with Gasteiger partial charge in [0.25, 0.3) is 0 Å². The van der Waals surface area contributed by atoms with Gasteiger partial charge in [-0.2, -0.15) is 0 Å². The normalized spacial score (nSPS) is 8.06. The first-order chi connectivity index (χ1) is 7.61. The number of nitrogens with two attached hydrogens (primary N) is 2. The van der Waals surface area contributed by atoms with Gasteiger partial charge in [-0.25, -0.2) is 0 Å². The van der Waals surface area contributed by atoms with E-state index in [1.165, 1.54) is 0 Å². The Morgan fingerprint density at radius 1 is 1.29 bits per heavy atom. The van der Waals surface area contributed by atoms with Gasteiger partial charge < -0.3 is 11.5 Å². The molecule has 3 nitrogen and oxygen atoms in total. The largest absolute Gasteiger partial charge is 0.366 e. The lowest BCUT2D eigenvalue weighted by Gasteiger charge is -2.00. The van der Waals surface area contributed by atoms with Gasteiger partial charge in [0, 0.05) is 18.5 Å². The molecule has 1 aromatic rings. The van der Waals surface area contributed by atoms with Crippen molar-refractivity contribution in [3.8, 4) is 0 Å². The zero-order valence-electron chi connectivity index (χ0n) is 9.76. The lowest BCUT2D eigenvalue weighted by atomic mass is 10.1. The maximum atomic E-state index is 10.6. The Balaban J connectivity index is 0. The summed E-state index contributed by atoms with van der Waals surface area (Å²) in [5.41, 5.74) is 11.5. The van der Waals surface area contributed by atoms with Gasteiger partial charge in [-0.3, -0.25) is 4.79 Å². The number of benzene rings is 1. The van der Waals surface area contributed by atoms with E-state index in [0.29, 0.717) is 18.5 Å². The van der Waals surface area contributed by atoms with Crippen molar-refractivity contribution in [3.05, 3.63) is 60.7 Å². The molecule has 0 aliphatic rings. The summed E-state index contributed by atoms with van der Waals surface area (Å²) in [7, 11) is 0. The van der Waals surface area contributed by atoms with Crippen molar-refractivity contribution in [1.82, 2.24) is 0 Å². The van der Waals surface area contributed by atoms with Crippen LogP contribution < -0.4 is 11.5 Å². The highest BCUT2D eigenvalue weighted by atomic mass is 35.5. The van der Waals surface area contributed by atoms with Crippen LogP contribution in [-0.2, 0) is 11.2 Å². The molecular weight excluding hydrogens is 236 g/mol. The summed E-state index contributed by atoms with van der Waals surface area (Å²) in [6.07, 6.45) is 2.19. The van der Waals surface area contributed by atoms with Crippen molar-refractivity contribution in [2.24, 2.45) is 11.5 Å². The van der Waals surface area contributed by atoms with Crippen LogP contribution in [0.15, 0.2) is 55.1 Å². The van der Waals surface area contributed by atoms with Crippen LogP contribution in [0.3, 0.4) is 0 Å². The Morgan fingerprint density at radius 2 is 1.76 bits per heavy atom. The quantitative estimate of drug-likeness (QED) is 0.636. The van der Waals surface area contributed by atoms with E-state index in [9.17, 15) is 4.79 Å². The van der Waals surface area contributed by atoms with E-state index < -0.39 is 5.91 Å². The van der Waals surface area contributed by atoms with Crippen molar-refractivity contribution < 1.29 is 4.79 Å². The van der Waals surface area contributed by atoms with Gasteiger partial charge in [0.05, 0.1) is 0 Å². The molecule has 0 atom stereocenters. The lowest BCUT2D eigenvalue weighted by molar-refractivity contribution is -0.114. The molecule has 0 bridgehead atoms. The molecule has 0 radical (unpaired) electrons. The van der Waals surface area contributed by atoms with Crippen molar-refractivity contribution in [3.63, 3.8) is 0 Å². The Kier molecular flexibility index (Phi) is 11.4. The van der Waals surface area contributed by atoms with Crippen LogP contribution in [0.2, 0.25) is 0 Å². The molecule has 0 heterocycles. The zero-order valence-corrected chi connectivity index (χ0v) is 10.6. The van der Waals surface area contributed by atoms with Crippen molar-refractivity contribution in [2.75, 3.05) is 6.54 Å². The van der Waals surface area contributed by atoms with Crippen LogP contribution in [0.25, 0.3) is 0 Å². The highest BCUT2D eigenvalue weighted by Crippen LogP contribution is 2.04. The van der Waals surface area contributed by atoms with Crippen LogP contribution in [0.4, 0.5) is 0 Å². The number of primary amides is 1. The second-order valence-electron chi connectivity index (χ2n) is 3.15. The summed E-state index contributed by atoms with van der Waals surface area (Å²) in [6.45, 7) is 7.51. The molecule has 1 rings (SSSR count). The molecule has 0 aliphatic heterocycles. The fraction of sp³-hybridized carbons (Fsp3) is 0.154. The fourth-order valence-electron chi connectivity index (χ4n) is 0.929. The molecule has 94 valence electrons. The summed E-state index contributed by atoms with van der Waals surface area (Å²) in [5, 5.41) is 0. The van der Waals surface area contributed by atoms with Gasteiger partial charge in [0.15, 0.2) is 0 Å². The Morgan fingerprint density at radius 3 is 2.12 bits per heavy atom. The van der Waals surface area contributed by atoms with Crippen LogP contribution in [-0.4, -0.2) is 12.5 Å². The summed E-state index contributed by atoms with van der Waals surface area (Å²) in [4.78, 5) is 10.6. The van der Waals surface area contributed by atoms with E-state index in [4.69, 9.17) is 11.5 Å². The molecule has 0 saturated heterocycles. The third-order valence-corrected chi connectivity index (χ3v) is 1.78. The van der Waals surface area contributed by atoms with Crippen LogP contribution >= 0.6 is 12.4 Å². The first kappa shape index (κ1) is 17.8. The number of rotatable bonds is 4. The highest BCUT2D eigenvalue weighted by Gasteiger charge is 2.01. The smallest absolute Gasteiger partial charge is 0.244 e. The molecule has 0 unspecified atom stereocenters. The van der Waals surface area contributed by atoms with Crippen molar-refractivity contribution in [1.29, 1.82) is 0 Å². The van der Waals surface area contributed by atoms with Gasteiger partial charge in [-0.1, -0.05) is 43.0 Å². The number of hydrogen-bond donors (Lipinski definition) is 2. The number of carbonyl (C=O) groups excluding carboxylic acids is 1. The van der Waals surface area contributed by atoms with Gasteiger partial charge in [-0.05, 0) is 5.56 Å². The second-order valence-corrected chi connectivity index (χ2v) is 3.15. The molecular formula is C13H19ClN2O. The molecule has 4 N–H and O–H groups in total. The minimum absolute atomic E-state index is 0. The molecule has 0 aromatic heterocycles. The molecule has 0 saturated carbocycles. The molecule has 0 spiro atoms. The minimum Gasteiger partial charge on any atom is -0.366 e. The topological polar surface area (TPSA) is 69.1 Å². The molecule has 0 aliphatic carbocycles. The van der Waals surface area contributed by atoms with Crippen molar-refractivity contribution in [2.45, 2.75) is 6.42 Å². The SMILES string of the molecule is C=C(Cc1ccccc1)C(N)=O.C=CCN.Cl. The predicted molar refractivity (Wildman–Crippen MR) is 75.0 cm³/mol. The third-order valence-electron chi connectivity index (χ3n) is 1.78. The van der Waals surface area contributed by atoms with E-state index in [-0.39, 0.29) is 12.4 Å². The summed E-state index contributed by atoms with van der Waals surface area (Å²) < 4.78 is 0. The summed E-state index contributed by atoms with van der Waals surface area (Å²) >= 11 is 0. The van der Waals surface area contributed by atoms with Gasteiger partial charge in [-0.15, -0.1) is 19.0 Å². The van der Waals surface area contributed by atoms with Crippen molar-refractivity contribution >= 4 is 18.3 Å². The maximum Gasteiger partial charge on any atom is 0.244 e. The standard InChI is InChI=1S/C10H11NO.C3H7N.ClH/c1-8(10(11)12)7-9-5-3-2-4-6-9;1-2-3-4;/h2-6H,1,7H2,(H2,11,12);2H,1,3-4H2;1H. The molecule has 1 aromatic carbocycles. The lowest BCUT2D eigenvalue weighted by Crippen LogP contribution is -2.14. The third kappa shape index (κ3) is 9.35. The number of hydrogen-bond acceptors (Lipinski definition) is 2.